The molecule has 3 N–H and O–H groups in total. The van der Waals surface area contributed by atoms with Crippen LogP contribution in [-0.4, -0.2) is 33.3 Å². The first-order valence-electron chi connectivity index (χ1n) is 8.55. The molecule has 1 amide bonds. The molecular weight excluding hydrogens is 439 g/mol. The zero-order valence-corrected chi connectivity index (χ0v) is 16.2. The summed E-state index contributed by atoms with van der Waals surface area (Å²) in [4.78, 5) is 24.4. The Labute approximate surface area is 177 Å². The number of carboxylic acids is 1. The molecule has 160 valence electrons. The van der Waals surface area contributed by atoms with Gasteiger partial charge in [0.25, 0.3) is 5.91 Å². The van der Waals surface area contributed by atoms with Gasteiger partial charge >= 0.3 is 12.1 Å². The maximum absolute atomic E-state index is 12.4. The lowest BCUT2D eigenvalue weighted by Gasteiger charge is -2.04. The highest BCUT2D eigenvalue weighted by Crippen LogP contribution is 2.25. The van der Waals surface area contributed by atoms with Crippen LogP contribution in [0.5, 0.6) is 0 Å². The summed E-state index contributed by atoms with van der Waals surface area (Å²) < 4.78 is 37.0. The number of hydrogen-bond acceptors (Lipinski definition) is 4. The number of carbonyl (C=O) groups is 2. The first kappa shape index (κ1) is 21.9. The molecular formula is C20H13ClF3N3O4. The number of amides is 1. The normalized spacial score (nSPS) is 11.0. The Hall–Kier alpha value is -3.79. The van der Waals surface area contributed by atoms with Gasteiger partial charge in [0.05, 0.1) is 5.69 Å². The molecule has 11 heteroatoms. The number of H-pyrrole nitrogens is 1. The largest absolute Gasteiger partial charge is 0.490 e. The quantitative estimate of drug-likeness (QED) is 0.388. The average Bonchev–Trinajstić information content (AvgIpc) is 3.38. The summed E-state index contributed by atoms with van der Waals surface area (Å²) in [5, 5.41) is 15.4. The number of hydrogen-bond donors (Lipinski definition) is 3. The van der Waals surface area contributed by atoms with Crippen molar-refractivity contribution in [2.24, 2.45) is 0 Å². The van der Waals surface area contributed by atoms with Gasteiger partial charge in [-0.25, -0.2) is 4.79 Å². The summed E-state index contributed by atoms with van der Waals surface area (Å²) in [5.74, 6) is -2.57. The standard InChI is InChI=1S/C18H12ClN3O2.C2HF3O2/c19-12-6-4-11(5-7-12)17-10-16(22-24-17)18(23)21-15-3-1-2-14-13(15)8-9-20-14;3-2(4,5)1(6)7/h1-10,20H,(H,21,23);(H,6,7). The zero-order valence-electron chi connectivity index (χ0n) is 15.4. The summed E-state index contributed by atoms with van der Waals surface area (Å²) in [7, 11) is 0. The monoisotopic (exact) mass is 451 g/mol. The topological polar surface area (TPSA) is 108 Å². The number of carbonyl (C=O) groups excluding carboxylic acids is 1. The van der Waals surface area contributed by atoms with Crippen molar-refractivity contribution < 1.29 is 32.4 Å². The van der Waals surface area contributed by atoms with Gasteiger partial charge in [-0.1, -0.05) is 22.8 Å². The maximum atomic E-state index is 12.4. The second kappa shape index (κ2) is 8.92. The number of benzene rings is 2. The first-order valence-corrected chi connectivity index (χ1v) is 8.93. The number of rotatable bonds is 3. The molecule has 2 heterocycles. The van der Waals surface area contributed by atoms with Crippen LogP contribution < -0.4 is 5.32 Å². The van der Waals surface area contributed by atoms with Crippen LogP contribution in [0.1, 0.15) is 10.5 Å². The number of nitrogens with zero attached hydrogens (tertiary/aromatic N) is 1. The van der Waals surface area contributed by atoms with Crippen LogP contribution in [0.4, 0.5) is 18.9 Å². The maximum Gasteiger partial charge on any atom is 0.490 e. The minimum absolute atomic E-state index is 0.215. The van der Waals surface area contributed by atoms with Gasteiger partial charge in [0.2, 0.25) is 0 Å². The van der Waals surface area contributed by atoms with Crippen LogP contribution in [0, 0.1) is 0 Å². The Kier molecular flexibility index (Phi) is 6.30. The van der Waals surface area contributed by atoms with Crippen molar-refractivity contribution in [1.29, 1.82) is 0 Å². The van der Waals surface area contributed by atoms with Crippen molar-refractivity contribution in [1.82, 2.24) is 10.1 Å². The summed E-state index contributed by atoms with van der Waals surface area (Å²) in [6.07, 6.45) is -3.25. The average molecular weight is 452 g/mol. The highest BCUT2D eigenvalue weighted by Gasteiger charge is 2.38. The van der Waals surface area contributed by atoms with E-state index < -0.39 is 12.1 Å². The van der Waals surface area contributed by atoms with Crippen molar-refractivity contribution in [2.75, 3.05) is 5.32 Å². The molecule has 0 aliphatic heterocycles. The van der Waals surface area contributed by atoms with Gasteiger partial charge in [0, 0.05) is 33.8 Å². The van der Waals surface area contributed by atoms with E-state index in [0.29, 0.717) is 10.8 Å². The number of nitrogens with one attached hydrogen (secondary N) is 2. The van der Waals surface area contributed by atoms with E-state index in [1.165, 1.54) is 0 Å². The van der Waals surface area contributed by atoms with Crippen LogP contribution in [-0.2, 0) is 4.79 Å². The van der Waals surface area contributed by atoms with E-state index in [1.807, 2.05) is 42.6 Å². The third kappa shape index (κ3) is 5.43. The third-order valence-corrected chi connectivity index (χ3v) is 4.21. The van der Waals surface area contributed by atoms with Crippen LogP contribution in [0.25, 0.3) is 22.2 Å². The fraction of sp³-hybridized carbons (Fsp3) is 0.0500. The summed E-state index contributed by atoms with van der Waals surface area (Å²) in [5.41, 5.74) is 2.69. The minimum Gasteiger partial charge on any atom is -0.475 e. The SMILES string of the molecule is O=C(Nc1cccc2[nH]ccc12)c1cc(-c2ccc(Cl)cc2)on1.O=C(O)C(F)(F)F. The molecule has 0 radical (unpaired) electrons. The van der Waals surface area contributed by atoms with Crippen molar-refractivity contribution in [2.45, 2.75) is 6.18 Å². The van der Waals surface area contributed by atoms with Gasteiger partial charge < -0.3 is 19.9 Å². The molecule has 2 aromatic carbocycles. The van der Waals surface area contributed by atoms with Crippen LogP contribution in [0.2, 0.25) is 5.02 Å². The number of halogens is 4. The van der Waals surface area contributed by atoms with Crippen molar-refractivity contribution in [3.63, 3.8) is 0 Å². The molecule has 31 heavy (non-hydrogen) atoms. The highest BCUT2D eigenvalue weighted by molar-refractivity contribution is 6.30. The van der Waals surface area contributed by atoms with Crippen LogP contribution >= 0.6 is 11.6 Å². The van der Waals surface area contributed by atoms with Crippen molar-refractivity contribution >= 4 is 40.1 Å². The Morgan fingerprint density at radius 2 is 1.77 bits per heavy atom. The van der Waals surface area contributed by atoms with Gasteiger partial charge in [0.1, 0.15) is 0 Å². The number of aromatic amines is 1. The van der Waals surface area contributed by atoms with Crippen molar-refractivity contribution in [3.05, 3.63) is 71.5 Å². The Bertz CT molecular complexity index is 1220. The molecule has 4 rings (SSSR count). The molecule has 2 aromatic heterocycles. The number of alkyl halides is 3. The number of aromatic nitrogens is 2. The predicted molar refractivity (Wildman–Crippen MR) is 107 cm³/mol. The molecule has 4 aromatic rings. The van der Waals surface area contributed by atoms with Crippen LogP contribution in [0.3, 0.4) is 0 Å². The molecule has 7 nitrogen and oxygen atoms in total. The smallest absolute Gasteiger partial charge is 0.475 e. The second-order valence-corrected chi connectivity index (χ2v) is 6.52. The number of fused-ring (bicyclic) bond motifs is 1. The van der Waals surface area contributed by atoms with Gasteiger partial charge in [-0.05, 0) is 42.5 Å². The van der Waals surface area contributed by atoms with Crippen molar-refractivity contribution in [3.8, 4) is 11.3 Å². The lowest BCUT2D eigenvalue weighted by atomic mass is 10.1. The van der Waals surface area contributed by atoms with Gasteiger partial charge in [0.15, 0.2) is 11.5 Å². The van der Waals surface area contributed by atoms with E-state index >= 15 is 0 Å². The number of anilines is 1. The lowest BCUT2D eigenvalue weighted by molar-refractivity contribution is -0.192. The molecule has 0 bridgehead atoms. The lowest BCUT2D eigenvalue weighted by Crippen LogP contribution is -2.21. The molecule has 0 saturated carbocycles. The third-order valence-electron chi connectivity index (χ3n) is 3.96. The fourth-order valence-electron chi connectivity index (χ4n) is 2.51. The molecule has 0 saturated heterocycles. The number of carboxylic acid groups (broad SMARTS) is 1. The summed E-state index contributed by atoms with van der Waals surface area (Å²) in [6.45, 7) is 0. The zero-order chi connectivity index (χ0) is 22.6. The number of aliphatic carboxylic acids is 1. The minimum atomic E-state index is -5.08. The second-order valence-electron chi connectivity index (χ2n) is 6.08. The first-order chi connectivity index (χ1) is 14.6. The Morgan fingerprint density at radius 3 is 2.42 bits per heavy atom. The van der Waals surface area contributed by atoms with Gasteiger partial charge in [-0.2, -0.15) is 13.2 Å². The molecule has 0 aliphatic rings. The predicted octanol–water partition coefficient (Wildman–Crippen LogP) is 5.36. The Morgan fingerprint density at radius 1 is 1.10 bits per heavy atom. The summed E-state index contributed by atoms with van der Waals surface area (Å²) in [6, 6.07) is 16.3. The van der Waals surface area contributed by atoms with Gasteiger partial charge in [-0.15, -0.1) is 0 Å². The van der Waals surface area contributed by atoms with Gasteiger partial charge in [-0.3, -0.25) is 4.79 Å². The Balaban J connectivity index is 0.000000339. The molecule has 0 aliphatic carbocycles. The fourth-order valence-corrected chi connectivity index (χ4v) is 2.64. The molecule has 0 fully saturated rings. The molecule has 0 unspecified atom stereocenters. The highest BCUT2D eigenvalue weighted by atomic mass is 35.5. The molecule has 0 spiro atoms. The van der Waals surface area contributed by atoms with E-state index in [9.17, 15) is 18.0 Å². The van der Waals surface area contributed by atoms with E-state index in [0.717, 1.165) is 22.2 Å². The van der Waals surface area contributed by atoms with E-state index in [1.54, 1.807) is 18.2 Å². The van der Waals surface area contributed by atoms with E-state index in [4.69, 9.17) is 26.0 Å². The molecule has 0 atom stereocenters. The van der Waals surface area contributed by atoms with Crippen LogP contribution in [0.15, 0.2) is 65.3 Å². The van der Waals surface area contributed by atoms with E-state index in [-0.39, 0.29) is 11.6 Å². The summed E-state index contributed by atoms with van der Waals surface area (Å²) >= 11 is 5.87. The van der Waals surface area contributed by atoms with E-state index in [2.05, 4.69) is 15.5 Å².